The number of carbonyl (C=O) groups is 2. The molecule has 4 rings (SSSR count). The van der Waals surface area contributed by atoms with Crippen LogP contribution in [0.2, 0.25) is 0 Å². The first-order valence-electron chi connectivity index (χ1n) is 11.2. The molecule has 1 N–H and O–H groups in total. The minimum Gasteiger partial charge on any atom is -0.507 e. The maximum absolute atomic E-state index is 13.3. The second-order valence-corrected chi connectivity index (χ2v) is 9.03. The topological polar surface area (TPSA) is 85.3 Å². The first-order chi connectivity index (χ1) is 17.0. The van der Waals surface area contributed by atoms with Crippen molar-refractivity contribution in [2.75, 3.05) is 20.8 Å². The summed E-state index contributed by atoms with van der Waals surface area (Å²) in [7, 11) is 3.06. The third kappa shape index (κ3) is 4.88. The van der Waals surface area contributed by atoms with Crippen molar-refractivity contribution >= 4 is 28.8 Å². The molecule has 0 bridgehead atoms. The first-order valence-corrected chi connectivity index (χ1v) is 12.1. The highest BCUT2D eigenvalue weighted by molar-refractivity contribution is 7.09. The van der Waals surface area contributed by atoms with Crippen molar-refractivity contribution in [1.82, 2.24) is 4.90 Å². The molecule has 8 heteroatoms. The molecule has 0 radical (unpaired) electrons. The number of aliphatic hydroxyl groups is 1. The molecule has 0 saturated carbocycles. The summed E-state index contributed by atoms with van der Waals surface area (Å²) in [5, 5.41) is 13.2. The number of aliphatic hydroxyl groups excluding tert-OH is 1. The van der Waals surface area contributed by atoms with Gasteiger partial charge in [-0.15, -0.1) is 11.3 Å². The lowest BCUT2D eigenvalue weighted by atomic mass is 9.95. The van der Waals surface area contributed by atoms with Crippen molar-refractivity contribution in [3.63, 3.8) is 0 Å². The summed E-state index contributed by atoms with van der Waals surface area (Å²) >= 11 is 1.49. The lowest BCUT2D eigenvalue weighted by Crippen LogP contribution is -2.28. The molecule has 0 aliphatic carbocycles. The number of carbonyl (C=O) groups excluding carboxylic acids is 2. The van der Waals surface area contributed by atoms with E-state index in [1.807, 2.05) is 24.4 Å². The van der Waals surface area contributed by atoms with Gasteiger partial charge in [-0.1, -0.05) is 31.2 Å². The number of amides is 1. The predicted octanol–water partition coefficient (Wildman–Crippen LogP) is 5.18. The molecule has 1 aromatic heterocycles. The maximum Gasteiger partial charge on any atom is 0.295 e. The van der Waals surface area contributed by atoms with E-state index in [0.717, 1.165) is 11.3 Å². The van der Waals surface area contributed by atoms with Crippen LogP contribution < -0.4 is 14.2 Å². The Hall–Kier alpha value is -3.78. The fraction of sp³-hybridized carbons (Fsp3) is 0.259. The van der Waals surface area contributed by atoms with Crippen molar-refractivity contribution in [2.24, 2.45) is 0 Å². The maximum atomic E-state index is 13.3. The van der Waals surface area contributed by atoms with Crippen LogP contribution in [0.25, 0.3) is 5.76 Å². The number of ether oxygens (including phenoxy) is 3. The average Bonchev–Trinajstić information content (AvgIpc) is 3.49. The molecule has 1 unspecified atom stereocenters. The monoisotopic (exact) mass is 493 g/mol. The number of Topliss-reactive ketones (excluding diaryl/α,β-unsaturated/α-hetero) is 1. The summed E-state index contributed by atoms with van der Waals surface area (Å²) in [5.74, 6) is -0.101. The Balaban J connectivity index is 1.85. The Morgan fingerprint density at radius 3 is 2.51 bits per heavy atom. The van der Waals surface area contributed by atoms with E-state index in [2.05, 4.69) is 0 Å². The van der Waals surface area contributed by atoms with Gasteiger partial charge in [0.2, 0.25) is 0 Å². The van der Waals surface area contributed by atoms with Crippen LogP contribution in [-0.4, -0.2) is 42.5 Å². The van der Waals surface area contributed by atoms with Crippen molar-refractivity contribution < 1.29 is 28.9 Å². The molecule has 3 aromatic rings. The van der Waals surface area contributed by atoms with Gasteiger partial charge in [0.1, 0.15) is 11.5 Å². The summed E-state index contributed by atoms with van der Waals surface area (Å²) in [6, 6.07) is 15.1. The van der Waals surface area contributed by atoms with Crippen LogP contribution in [0.15, 0.2) is 65.6 Å². The third-order valence-electron chi connectivity index (χ3n) is 5.75. The van der Waals surface area contributed by atoms with Gasteiger partial charge in [0, 0.05) is 10.4 Å². The highest BCUT2D eigenvalue weighted by atomic mass is 32.1. The molecular weight excluding hydrogens is 466 g/mol. The Kier molecular flexibility index (Phi) is 7.41. The molecule has 182 valence electrons. The van der Waals surface area contributed by atoms with Crippen LogP contribution in [0, 0.1) is 0 Å². The number of hydrogen-bond donors (Lipinski definition) is 1. The van der Waals surface area contributed by atoms with Gasteiger partial charge in [-0.2, -0.15) is 0 Å². The largest absolute Gasteiger partial charge is 0.507 e. The van der Waals surface area contributed by atoms with Crippen LogP contribution in [0.3, 0.4) is 0 Å². The Bertz CT molecular complexity index is 1250. The van der Waals surface area contributed by atoms with E-state index < -0.39 is 17.7 Å². The molecule has 1 fully saturated rings. The van der Waals surface area contributed by atoms with Crippen LogP contribution in [0.5, 0.6) is 17.2 Å². The third-order valence-corrected chi connectivity index (χ3v) is 6.61. The zero-order valence-electron chi connectivity index (χ0n) is 19.8. The molecule has 7 nitrogen and oxygen atoms in total. The van der Waals surface area contributed by atoms with E-state index in [4.69, 9.17) is 14.2 Å². The summed E-state index contributed by atoms with van der Waals surface area (Å²) < 4.78 is 16.5. The van der Waals surface area contributed by atoms with E-state index in [0.29, 0.717) is 35.0 Å². The lowest BCUT2D eigenvalue weighted by Gasteiger charge is -2.25. The van der Waals surface area contributed by atoms with Crippen LogP contribution in [0.4, 0.5) is 0 Å². The van der Waals surface area contributed by atoms with E-state index in [1.165, 1.54) is 30.5 Å². The molecule has 1 atom stereocenters. The van der Waals surface area contributed by atoms with Gasteiger partial charge in [0.25, 0.3) is 11.7 Å². The fourth-order valence-electron chi connectivity index (χ4n) is 4.09. The minimum absolute atomic E-state index is 0.0198. The van der Waals surface area contributed by atoms with Gasteiger partial charge < -0.3 is 24.2 Å². The highest BCUT2D eigenvalue weighted by Gasteiger charge is 2.46. The van der Waals surface area contributed by atoms with Crippen molar-refractivity contribution in [3.05, 3.63) is 81.6 Å². The van der Waals surface area contributed by atoms with Gasteiger partial charge in [-0.3, -0.25) is 9.59 Å². The van der Waals surface area contributed by atoms with E-state index >= 15 is 0 Å². The van der Waals surface area contributed by atoms with Crippen LogP contribution in [0.1, 0.15) is 35.4 Å². The van der Waals surface area contributed by atoms with E-state index in [-0.39, 0.29) is 17.9 Å². The molecule has 2 aromatic carbocycles. The lowest BCUT2D eigenvalue weighted by molar-refractivity contribution is -0.140. The number of benzene rings is 2. The van der Waals surface area contributed by atoms with Gasteiger partial charge >= 0.3 is 0 Å². The molecule has 1 aliphatic heterocycles. The SMILES string of the molecule is CCCOc1cccc(/C(O)=C2/C(=O)C(=O)N(Cc3cccs3)C2c2ccc(OC)c(OC)c2)c1. The Labute approximate surface area is 208 Å². The molecule has 0 spiro atoms. The number of rotatable bonds is 9. The molecule has 1 amide bonds. The molecule has 2 heterocycles. The first kappa shape index (κ1) is 24.3. The normalized spacial score (nSPS) is 17.0. The zero-order valence-corrected chi connectivity index (χ0v) is 20.6. The minimum atomic E-state index is -0.808. The second-order valence-electron chi connectivity index (χ2n) is 8.00. The number of nitrogens with zero attached hydrogens (tertiary/aromatic N) is 1. The van der Waals surface area contributed by atoms with Crippen LogP contribution in [-0.2, 0) is 16.1 Å². The van der Waals surface area contributed by atoms with E-state index in [9.17, 15) is 14.7 Å². The summed E-state index contributed by atoms with van der Waals surface area (Å²) in [4.78, 5) is 28.9. The van der Waals surface area contributed by atoms with Gasteiger partial charge in [-0.25, -0.2) is 0 Å². The summed E-state index contributed by atoms with van der Waals surface area (Å²) in [6.45, 7) is 2.76. The smallest absolute Gasteiger partial charge is 0.295 e. The number of likely N-dealkylation sites (tertiary alicyclic amines) is 1. The standard InChI is InChI=1S/C27H27NO6S/c1-4-12-34-19-8-5-7-18(14-19)25(29)23-24(17-10-11-21(32-2)22(15-17)33-3)28(27(31)26(23)30)16-20-9-6-13-35-20/h5-11,13-15,24,29H,4,12,16H2,1-3H3/b25-23-. The number of hydrogen-bond acceptors (Lipinski definition) is 7. The fourth-order valence-corrected chi connectivity index (χ4v) is 4.79. The molecular formula is C27H27NO6S. The predicted molar refractivity (Wildman–Crippen MR) is 134 cm³/mol. The summed E-state index contributed by atoms with van der Waals surface area (Å²) in [6.07, 6.45) is 0.837. The highest BCUT2D eigenvalue weighted by Crippen LogP contribution is 2.43. The van der Waals surface area contributed by atoms with E-state index in [1.54, 1.807) is 42.5 Å². The number of thiophene rings is 1. The molecule has 35 heavy (non-hydrogen) atoms. The van der Waals surface area contributed by atoms with Crippen molar-refractivity contribution in [1.29, 1.82) is 0 Å². The van der Waals surface area contributed by atoms with Crippen molar-refractivity contribution in [2.45, 2.75) is 25.9 Å². The second kappa shape index (κ2) is 10.7. The number of methoxy groups -OCH3 is 2. The van der Waals surface area contributed by atoms with Crippen LogP contribution >= 0.6 is 11.3 Å². The number of ketones is 1. The summed E-state index contributed by atoms with van der Waals surface area (Å²) in [5.41, 5.74) is 1.04. The average molecular weight is 494 g/mol. The van der Waals surface area contributed by atoms with Gasteiger partial charge in [-0.05, 0) is 47.7 Å². The Morgan fingerprint density at radius 1 is 1.03 bits per heavy atom. The quantitative estimate of drug-likeness (QED) is 0.251. The van der Waals surface area contributed by atoms with Gasteiger partial charge in [0.05, 0.1) is 39.0 Å². The van der Waals surface area contributed by atoms with Gasteiger partial charge in [0.15, 0.2) is 11.5 Å². The molecule has 1 aliphatic rings. The Morgan fingerprint density at radius 2 is 1.83 bits per heavy atom. The van der Waals surface area contributed by atoms with Crippen molar-refractivity contribution in [3.8, 4) is 17.2 Å². The molecule has 1 saturated heterocycles. The zero-order chi connectivity index (χ0) is 24.9.